The van der Waals surface area contributed by atoms with E-state index in [2.05, 4.69) is 30.0 Å². The lowest BCUT2D eigenvalue weighted by Crippen LogP contribution is -2.46. The number of likely N-dealkylation sites (tertiary alicyclic amines) is 1. The molecule has 3 nitrogen and oxygen atoms in total. The molecule has 0 radical (unpaired) electrons. The van der Waals surface area contributed by atoms with Gasteiger partial charge in [0.1, 0.15) is 0 Å². The van der Waals surface area contributed by atoms with E-state index in [9.17, 15) is 5.11 Å². The second-order valence-electron chi connectivity index (χ2n) is 6.31. The summed E-state index contributed by atoms with van der Waals surface area (Å²) in [4.78, 5) is 3.54. The van der Waals surface area contributed by atoms with E-state index in [4.69, 9.17) is 0 Å². The molecule has 1 atom stereocenters. The van der Waals surface area contributed by atoms with Crippen molar-refractivity contribution < 1.29 is 5.11 Å². The summed E-state index contributed by atoms with van der Waals surface area (Å²) in [5.74, 6) is 0.392. The van der Waals surface area contributed by atoms with E-state index in [1.54, 1.807) is 0 Å². The average molecular weight is 268 g/mol. The third kappa shape index (κ3) is 3.11. The number of hydrogen-bond acceptors (Lipinski definition) is 4. The lowest BCUT2D eigenvalue weighted by atomic mass is 9.88. The minimum atomic E-state index is -0.321. The van der Waals surface area contributed by atoms with Crippen molar-refractivity contribution in [2.24, 2.45) is 5.92 Å². The molecule has 1 N–H and O–H groups in total. The third-order valence-corrected chi connectivity index (χ3v) is 4.82. The normalized spacial score (nSPS) is 21.2. The van der Waals surface area contributed by atoms with Crippen LogP contribution in [0.2, 0.25) is 0 Å². The first-order valence-electron chi connectivity index (χ1n) is 6.74. The van der Waals surface area contributed by atoms with Crippen LogP contribution in [0.1, 0.15) is 50.3 Å². The molecule has 0 saturated carbocycles. The fourth-order valence-electron chi connectivity index (χ4n) is 2.64. The summed E-state index contributed by atoms with van der Waals surface area (Å²) in [7, 11) is 0. The minimum Gasteiger partial charge on any atom is -0.387 e. The van der Waals surface area contributed by atoms with Gasteiger partial charge in [0, 0.05) is 5.54 Å². The number of aliphatic hydroxyl groups excluding tert-OH is 1. The van der Waals surface area contributed by atoms with Gasteiger partial charge in [-0.1, -0.05) is 0 Å². The Kier molecular flexibility index (Phi) is 4.09. The van der Waals surface area contributed by atoms with Crippen LogP contribution in [0.25, 0.3) is 0 Å². The van der Waals surface area contributed by atoms with Crippen molar-refractivity contribution in [1.82, 2.24) is 9.27 Å². The van der Waals surface area contributed by atoms with Crippen LogP contribution in [0.5, 0.6) is 0 Å². The number of aryl methyl sites for hydroxylation is 1. The van der Waals surface area contributed by atoms with Crippen molar-refractivity contribution in [3.8, 4) is 0 Å². The zero-order valence-corrected chi connectivity index (χ0v) is 12.6. The minimum absolute atomic E-state index is 0.247. The molecule has 1 aromatic rings. The van der Waals surface area contributed by atoms with E-state index in [0.29, 0.717) is 5.92 Å². The summed E-state index contributed by atoms with van der Waals surface area (Å²) in [5.41, 5.74) is 1.26. The molecule has 1 aliphatic heterocycles. The van der Waals surface area contributed by atoms with Crippen molar-refractivity contribution in [1.29, 1.82) is 0 Å². The van der Waals surface area contributed by atoms with Gasteiger partial charge in [-0.2, -0.15) is 4.37 Å². The molecule has 1 aliphatic rings. The monoisotopic (exact) mass is 268 g/mol. The van der Waals surface area contributed by atoms with E-state index in [0.717, 1.165) is 36.5 Å². The number of aliphatic hydroxyl groups is 1. The molecular weight excluding hydrogens is 244 g/mol. The van der Waals surface area contributed by atoms with Gasteiger partial charge in [-0.3, -0.25) is 4.90 Å². The fourth-order valence-corrected chi connectivity index (χ4v) is 3.47. The van der Waals surface area contributed by atoms with Crippen molar-refractivity contribution >= 4 is 11.5 Å². The molecule has 1 saturated heterocycles. The zero-order chi connectivity index (χ0) is 13.3. The highest BCUT2D eigenvalue weighted by atomic mass is 32.1. The molecule has 2 rings (SSSR count). The van der Waals surface area contributed by atoms with E-state index >= 15 is 0 Å². The summed E-state index contributed by atoms with van der Waals surface area (Å²) in [5, 5.41) is 10.4. The predicted molar refractivity (Wildman–Crippen MR) is 75.9 cm³/mol. The number of nitrogens with zero attached hydrogens (tertiary/aromatic N) is 2. The van der Waals surface area contributed by atoms with Crippen LogP contribution in [0.15, 0.2) is 6.07 Å². The topological polar surface area (TPSA) is 36.4 Å². The van der Waals surface area contributed by atoms with Gasteiger partial charge in [-0.05, 0) is 77.1 Å². The highest BCUT2D eigenvalue weighted by Crippen LogP contribution is 2.34. The fraction of sp³-hybridized carbons (Fsp3) is 0.786. The number of hydrogen-bond donors (Lipinski definition) is 1. The molecular formula is C14H24N2OS. The maximum absolute atomic E-state index is 10.4. The Balaban J connectivity index is 1.94. The maximum Gasteiger partial charge on any atom is 0.0927 e. The first-order chi connectivity index (χ1) is 8.38. The number of piperidine rings is 1. The molecule has 0 spiro atoms. The van der Waals surface area contributed by atoms with Crippen LogP contribution in [0, 0.1) is 12.8 Å². The standard InChI is InChI=1S/C14H24N2OS/c1-10-9-12(18-15-10)13(17)11-5-7-16(8-6-11)14(2,3)4/h9,11,13,17H,5-8H2,1-4H3. The molecule has 4 heteroatoms. The molecule has 0 amide bonds. The number of aromatic nitrogens is 1. The highest BCUT2D eigenvalue weighted by molar-refractivity contribution is 7.05. The second-order valence-corrected chi connectivity index (χ2v) is 7.15. The first-order valence-corrected chi connectivity index (χ1v) is 7.51. The van der Waals surface area contributed by atoms with E-state index in [1.165, 1.54) is 11.5 Å². The Morgan fingerprint density at radius 2 is 2.00 bits per heavy atom. The Labute approximate surface area is 114 Å². The van der Waals surface area contributed by atoms with Crippen LogP contribution in [-0.4, -0.2) is 33.0 Å². The van der Waals surface area contributed by atoms with Gasteiger partial charge >= 0.3 is 0 Å². The largest absolute Gasteiger partial charge is 0.387 e. The van der Waals surface area contributed by atoms with Crippen LogP contribution >= 0.6 is 11.5 Å². The van der Waals surface area contributed by atoms with Crippen LogP contribution in [0.4, 0.5) is 0 Å². The molecule has 0 bridgehead atoms. The highest BCUT2D eigenvalue weighted by Gasteiger charge is 2.31. The Morgan fingerprint density at radius 1 is 1.39 bits per heavy atom. The molecule has 0 aliphatic carbocycles. The lowest BCUT2D eigenvalue weighted by molar-refractivity contribution is 0.0293. The molecule has 1 aromatic heterocycles. The maximum atomic E-state index is 10.4. The van der Waals surface area contributed by atoms with Crippen molar-refractivity contribution in [3.63, 3.8) is 0 Å². The summed E-state index contributed by atoms with van der Waals surface area (Å²) in [6, 6.07) is 2.02. The SMILES string of the molecule is Cc1cc(C(O)C2CCN(C(C)(C)C)CC2)sn1. The van der Waals surface area contributed by atoms with Crippen LogP contribution in [-0.2, 0) is 0 Å². The Morgan fingerprint density at radius 3 is 2.44 bits per heavy atom. The van der Waals surface area contributed by atoms with Crippen LogP contribution < -0.4 is 0 Å². The molecule has 0 aromatic carbocycles. The summed E-state index contributed by atoms with van der Waals surface area (Å²) < 4.78 is 4.26. The lowest BCUT2D eigenvalue weighted by Gasteiger charge is -2.41. The summed E-state index contributed by atoms with van der Waals surface area (Å²) in [6.07, 6.45) is 1.84. The van der Waals surface area contributed by atoms with Crippen LogP contribution in [0.3, 0.4) is 0 Å². The van der Waals surface area contributed by atoms with Gasteiger partial charge < -0.3 is 5.11 Å². The van der Waals surface area contributed by atoms with Gasteiger partial charge in [0.25, 0.3) is 0 Å². The second kappa shape index (κ2) is 5.27. The Hall–Kier alpha value is -0.450. The predicted octanol–water partition coefficient (Wildman–Crippen LogP) is 3.00. The van der Waals surface area contributed by atoms with Gasteiger partial charge in [0.15, 0.2) is 0 Å². The van der Waals surface area contributed by atoms with Gasteiger partial charge in [0.05, 0.1) is 16.7 Å². The molecule has 18 heavy (non-hydrogen) atoms. The van der Waals surface area contributed by atoms with Crippen molar-refractivity contribution in [2.75, 3.05) is 13.1 Å². The van der Waals surface area contributed by atoms with E-state index in [-0.39, 0.29) is 11.6 Å². The first kappa shape index (κ1) is 14.0. The van der Waals surface area contributed by atoms with Gasteiger partial charge in [0.2, 0.25) is 0 Å². The number of rotatable bonds is 2. The molecule has 1 fully saturated rings. The summed E-state index contributed by atoms with van der Waals surface area (Å²) >= 11 is 1.44. The smallest absolute Gasteiger partial charge is 0.0927 e. The van der Waals surface area contributed by atoms with Gasteiger partial charge in [-0.15, -0.1) is 0 Å². The van der Waals surface area contributed by atoms with Gasteiger partial charge in [-0.25, -0.2) is 0 Å². The van der Waals surface area contributed by atoms with E-state index < -0.39 is 0 Å². The van der Waals surface area contributed by atoms with Crippen molar-refractivity contribution in [3.05, 3.63) is 16.6 Å². The Bertz CT molecular complexity index is 389. The average Bonchev–Trinajstić information content (AvgIpc) is 2.74. The van der Waals surface area contributed by atoms with Crippen molar-refractivity contribution in [2.45, 2.75) is 52.2 Å². The zero-order valence-electron chi connectivity index (χ0n) is 11.8. The third-order valence-electron chi connectivity index (χ3n) is 3.87. The van der Waals surface area contributed by atoms with E-state index in [1.807, 2.05) is 13.0 Å². The summed E-state index contributed by atoms with van der Waals surface area (Å²) in [6.45, 7) is 10.9. The molecule has 102 valence electrons. The quantitative estimate of drug-likeness (QED) is 0.896. The molecule has 2 heterocycles. The molecule has 1 unspecified atom stereocenters.